The van der Waals surface area contributed by atoms with Crippen LogP contribution in [0, 0.1) is 5.41 Å². The number of aromatic nitrogens is 2. The number of para-hydroxylation sites is 1. The Morgan fingerprint density at radius 3 is 2.48 bits per heavy atom. The van der Waals surface area contributed by atoms with Crippen LogP contribution in [-0.4, -0.2) is 44.5 Å². The molecule has 10 heteroatoms. The number of carboxylic acid groups (broad SMARTS) is 1. The number of benzene rings is 1. The molecule has 2 rings (SSSR count). The van der Waals surface area contributed by atoms with Crippen LogP contribution < -0.4 is 11.1 Å². The normalized spacial score (nSPS) is 10.7. The van der Waals surface area contributed by atoms with Crippen molar-refractivity contribution in [2.45, 2.75) is 39.7 Å². The maximum atomic E-state index is 12.1. The summed E-state index contributed by atoms with van der Waals surface area (Å²) in [4.78, 5) is 27.4. The van der Waals surface area contributed by atoms with Gasteiger partial charge in [-0.1, -0.05) is 50.7 Å². The van der Waals surface area contributed by atoms with Crippen LogP contribution in [0.3, 0.4) is 0 Å². The molecule has 0 radical (unpaired) electrons. The van der Waals surface area contributed by atoms with E-state index in [0.29, 0.717) is 5.82 Å². The Morgan fingerprint density at radius 1 is 1.32 bits per heavy atom. The third kappa shape index (κ3) is 10.5. The summed E-state index contributed by atoms with van der Waals surface area (Å²) >= 11 is 0. The Hall–Kier alpha value is -3.79. The molecule has 0 aliphatic rings. The summed E-state index contributed by atoms with van der Waals surface area (Å²) in [7, 11) is 0. The van der Waals surface area contributed by atoms with Crippen molar-refractivity contribution < 1.29 is 24.3 Å². The maximum absolute atomic E-state index is 12.1. The summed E-state index contributed by atoms with van der Waals surface area (Å²) in [6.07, 6.45) is 5.26. The van der Waals surface area contributed by atoms with Crippen LogP contribution in [0.2, 0.25) is 0 Å². The van der Waals surface area contributed by atoms with Crippen molar-refractivity contribution in [3.8, 4) is 0 Å². The number of allylic oxidation sites excluding steroid dienone is 2. The number of amides is 1. The smallest absolute Gasteiger partial charge is 0.337 e. The van der Waals surface area contributed by atoms with Gasteiger partial charge in [-0.3, -0.25) is 4.79 Å². The van der Waals surface area contributed by atoms with Crippen molar-refractivity contribution >= 4 is 29.9 Å². The van der Waals surface area contributed by atoms with E-state index in [1.54, 1.807) is 18.2 Å². The molecular weight excluding hydrogens is 402 g/mol. The predicted octanol–water partition coefficient (Wildman–Crippen LogP) is 3.43. The zero-order chi connectivity index (χ0) is 23.8. The molecular formula is C21H29N5O5. The largest absolute Gasteiger partial charge is 0.507 e. The van der Waals surface area contributed by atoms with E-state index >= 15 is 0 Å². The molecule has 0 bridgehead atoms. The third-order valence-electron chi connectivity index (χ3n) is 3.30. The minimum atomic E-state index is -1.14. The van der Waals surface area contributed by atoms with Crippen LogP contribution in [0.25, 0.3) is 6.08 Å². The number of nitrogens with zero attached hydrogens (tertiary/aromatic N) is 2. The molecule has 1 aromatic carbocycles. The lowest BCUT2D eigenvalue weighted by Crippen LogP contribution is -2.37. The summed E-state index contributed by atoms with van der Waals surface area (Å²) in [6.45, 7) is 8.96. The summed E-state index contributed by atoms with van der Waals surface area (Å²) in [5, 5.41) is 29.5. The summed E-state index contributed by atoms with van der Waals surface area (Å²) < 4.78 is 5.03. The van der Waals surface area contributed by atoms with Crippen LogP contribution in [0.15, 0.2) is 47.2 Å². The second kappa shape index (κ2) is 15.1. The number of nitrogens with one attached hydrogen (secondary N) is 2. The fourth-order valence-corrected chi connectivity index (χ4v) is 1.93. The predicted molar refractivity (Wildman–Crippen MR) is 119 cm³/mol. The number of carbonyl (C=O) groups is 2. The molecule has 1 amide bonds. The first kappa shape index (κ1) is 27.2. The number of nitrogens with two attached hydrogens (primary N) is 1. The Labute approximate surface area is 181 Å². The highest BCUT2D eigenvalue weighted by Crippen LogP contribution is 2.15. The molecule has 0 saturated carbocycles. The SMILES string of the molecule is C=C(O)C=N.CC.CC/C=C/c1noc(CC(N)C(=O)Nc2ccccc2C(=O)O)n1. The van der Waals surface area contributed by atoms with Gasteiger partial charge in [-0.2, -0.15) is 4.98 Å². The van der Waals surface area contributed by atoms with Crippen molar-refractivity contribution in [1.82, 2.24) is 10.1 Å². The average Bonchev–Trinajstić information content (AvgIpc) is 3.21. The van der Waals surface area contributed by atoms with Crippen molar-refractivity contribution in [2.75, 3.05) is 5.32 Å². The molecule has 2 aromatic rings. The first-order valence-corrected chi connectivity index (χ1v) is 9.54. The molecule has 1 unspecified atom stereocenters. The third-order valence-corrected chi connectivity index (χ3v) is 3.30. The highest BCUT2D eigenvalue weighted by Gasteiger charge is 2.20. The summed E-state index contributed by atoms with van der Waals surface area (Å²) in [6, 6.07) is 5.14. The van der Waals surface area contributed by atoms with E-state index in [2.05, 4.69) is 22.0 Å². The Kier molecular flexibility index (Phi) is 13.3. The van der Waals surface area contributed by atoms with Crippen molar-refractivity contribution in [3.05, 3.63) is 60.0 Å². The van der Waals surface area contributed by atoms with Gasteiger partial charge in [0.15, 0.2) is 5.82 Å². The fraction of sp³-hybridized carbons (Fsp3) is 0.286. The molecule has 0 aliphatic carbocycles. The molecule has 168 valence electrons. The highest BCUT2D eigenvalue weighted by molar-refractivity contribution is 6.02. The van der Waals surface area contributed by atoms with Gasteiger partial charge < -0.3 is 31.2 Å². The molecule has 1 aromatic heterocycles. The summed E-state index contributed by atoms with van der Waals surface area (Å²) in [5.74, 6) is -1.23. The van der Waals surface area contributed by atoms with Crippen LogP contribution in [-0.2, 0) is 11.2 Å². The molecule has 31 heavy (non-hydrogen) atoms. The highest BCUT2D eigenvalue weighted by atomic mass is 16.5. The number of aliphatic hydroxyl groups is 1. The Bertz CT molecular complexity index is 892. The van der Waals surface area contributed by atoms with E-state index in [1.165, 1.54) is 12.1 Å². The van der Waals surface area contributed by atoms with Gasteiger partial charge in [0.1, 0.15) is 5.76 Å². The van der Waals surface area contributed by atoms with E-state index in [4.69, 9.17) is 25.9 Å². The quantitative estimate of drug-likeness (QED) is 0.312. The Balaban J connectivity index is 0.00000113. The lowest BCUT2D eigenvalue weighted by molar-refractivity contribution is -0.117. The van der Waals surface area contributed by atoms with Gasteiger partial charge in [0.2, 0.25) is 11.8 Å². The van der Waals surface area contributed by atoms with Gasteiger partial charge in [-0.15, -0.1) is 0 Å². The lowest BCUT2D eigenvalue weighted by Gasteiger charge is -2.12. The van der Waals surface area contributed by atoms with E-state index in [9.17, 15) is 9.59 Å². The number of hydrogen-bond donors (Lipinski definition) is 5. The molecule has 1 heterocycles. The van der Waals surface area contributed by atoms with E-state index in [1.807, 2.05) is 26.8 Å². The van der Waals surface area contributed by atoms with Crippen molar-refractivity contribution in [3.63, 3.8) is 0 Å². The fourth-order valence-electron chi connectivity index (χ4n) is 1.93. The average molecular weight is 431 g/mol. The van der Waals surface area contributed by atoms with Gasteiger partial charge >= 0.3 is 5.97 Å². The number of carboxylic acids is 1. The monoisotopic (exact) mass is 431 g/mol. The van der Waals surface area contributed by atoms with Gasteiger partial charge in [0.05, 0.1) is 29.9 Å². The molecule has 1 atom stereocenters. The maximum Gasteiger partial charge on any atom is 0.337 e. The lowest BCUT2D eigenvalue weighted by atomic mass is 10.1. The minimum absolute atomic E-state index is 0.0113. The molecule has 0 fully saturated rings. The van der Waals surface area contributed by atoms with Crippen LogP contribution in [0.1, 0.15) is 49.3 Å². The molecule has 0 spiro atoms. The van der Waals surface area contributed by atoms with Gasteiger partial charge in [0, 0.05) is 0 Å². The van der Waals surface area contributed by atoms with E-state index in [-0.39, 0.29) is 29.3 Å². The number of aliphatic hydroxyl groups excluding tert-OH is 1. The standard InChI is InChI=1S/C16H18N4O4.C3H5NO.C2H6/c1-2-3-8-13-19-14(24-20-13)9-11(17)15(21)18-12-7-5-4-6-10(12)16(22)23;1-3(5)2-4;1-2/h3-8,11H,2,9,17H2,1H3,(H,18,21)(H,22,23);2,4-5H,1H2;1-2H3/b8-3+;;. The van der Waals surface area contributed by atoms with Gasteiger partial charge in [-0.05, 0) is 24.6 Å². The summed E-state index contributed by atoms with van der Waals surface area (Å²) in [5.41, 5.74) is 6.00. The zero-order valence-electron chi connectivity index (χ0n) is 17.8. The van der Waals surface area contributed by atoms with Gasteiger partial charge in [0.25, 0.3) is 0 Å². The molecule has 6 N–H and O–H groups in total. The van der Waals surface area contributed by atoms with Crippen LogP contribution >= 0.6 is 0 Å². The number of anilines is 1. The molecule has 10 nitrogen and oxygen atoms in total. The molecule has 0 saturated heterocycles. The molecule has 0 aliphatic heterocycles. The van der Waals surface area contributed by atoms with Gasteiger partial charge in [-0.25, -0.2) is 4.79 Å². The number of rotatable bonds is 8. The minimum Gasteiger partial charge on any atom is -0.507 e. The second-order valence-electron chi connectivity index (χ2n) is 5.64. The van der Waals surface area contributed by atoms with Crippen molar-refractivity contribution in [2.24, 2.45) is 5.73 Å². The Morgan fingerprint density at radius 2 is 1.94 bits per heavy atom. The second-order valence-corrected chi connectivity index (χ2v) is 5.64. The topological polar surface area (TPSA) is 175 Å². The number of carbonyl (C=O) groups excluding carboxylic acids is 1. The number of hydrogen-bond acceptors (Lipinski definition) is 8. The van der Waals surface area contributed by atoms with Crippen molar-refractivity contribution in [1.29, 1.82) is 5.41 Å². The van der Waals surface area contributed by atoms with Crippen LogP contribution in [0.5, 0.6) is 0 Å². The number of aromatic carboxylic acids is 1. The van der Waals surface area contributed by atoms with Crippen LogP contribution in [0.4, 0.5) is 5.69 Å². The first-order chi connectivity index (χ1) is 14.8. The first-order valence-electron chi connectivity index (χ1n) is 9.54. The zero-order valence-corrected chi connectivity index (χ0v) is 17.8. The van der Waals surface area contributed by atoms with E-state index < -0.39 is 17.9 Å². The van der Waals surface area contributed by atoms with E-state index in [0.717, 1.165) is 12.6 Å².